The number of nitrogens with zero attached hydrogens (tertiary/aromatic N) is 3. The van der Waals surface area contributed by atoms with Gasteiger partial charge in [0.2, 0.25) is 0 Å². The van der Waals surface area contributed by atoms with Gasteiger partial charge in [0.15, 0.2) is 5.13 Å². The van der Waals surface area contributed by atoms with Crippen molar-refractivity contribution in [3.05, 3.63) is 48.3 Å². The lowest BCUT2D eigenvalue weighted by molar-refractivity contribution is 0.341. The van der Waals surface area contributed by atoms with E-state index in [2.05, 4.69) is 20.9 Å². The van der Waals surface area contributed by atoms with Crippen molar-refractivity contribution in [1.29, 1.82) is 0 Å². The Kier molecular flexibility index (Phi) is 4.01. The molecule has 5 heteroatoms. The monoisotopic (exact) mass is 299 g/mol. The molecule has 3 rings (SSSR count). The zero-order chi connectivity index (χ0) is 14.7. The van der Waals surface area contributed by atoms with Gasteiger partial charge in [-0.05, 0) is 37.3 Å². The van der Waals surface area contributed by atoms with Gasteiger partial charge in [0.25, 0.3) is 0 Å². The van der Waals surface area contributed by atoms with Crippen LogP contribution in [0.2, 0.25) is 0 Å². The normalized spacial score (nSPS) is 10.8. The molecule has 21 heavy (non-hydrogen) atoms. The molecule has 0 saturated carbocycles. The van der Waals surface area contributed by atoms with Crippen LogP contribution in [0.25, 0.3) is 10.2 Å². The topological polar surface area (TPSA) is 38.2 Å². The Morgan fingerprint density at radius 3 is 2.90 bits per heavy atom. The summed E-state index contributed by atoms with van der Waals surface area (Å²) in [6.45, 7) is 3.42. The third kappa shape index (κ3) is 3.13. The average Bonchev–Trinajstić information content (AvgIpc) is 2.92. The lowest BCUT2D eigenvalue weighted by Crippen LogP contribution is -2.16. The second kappa shape index (κ2) is 6.10. The maximum absolute atomic E-state index is 5.53. The molecule has 0 saturated heterocycles. The largest absolute Gasteiger partial charge is 0.494 e. The fourth-order valence-electron chi connectivity index (χ4n) is 2.11. The molecule has 3 aromatic rings. The molecule has 2 heterocycles. The highest BCUT2D eigenvalue weighted by molar-refractivity contribution is 7.22. The molecule has 0 aliphatic rings. The molecule has 2 aromatic heterocycles. The first-order chi connectivity index (χ1) is 10.3. The summed E-state index contributed by atoms with van der Waals surface area (Å²) in [5.74, 6) is 0.896. The summed E-state index contributed by atoms with van der Waals surface area (Å²) in [4.78, 5) is 11.1. The Hall–Kier alpha value is -2.14. The highest BCUT2D eigenvalue weighted by atomic mass is 32.1. The summed E-state index contributed by atoms with van der Waals surface area (Å²) in [5.41, 5.74) is 2.04. The number of benzene rings is 1. The molecule has 0 aliphatic carbocycles. The van der Waals surface area contributed by atoms with Gasteiger partial charge >= 0.3 is 0 Å². The van der Waals surface area contributed by atoms with Crippen LogP contribution < -0.4 is 9.64 Å². The van der Waals surface area contributed by atoms with Gasteiger partial charge in [-0.15, -0.1) is 0 Å². The van der Waals surface area contributed by atoms with Gasteiger partial charge in [-0.1, -0.05) is 17.4 Å². The second-order valence-corrected chi connectivity index (χ2v) is 5.75. The third-order valence-electron chi connectivity index (χ3n) is 3.11. The van der Waals surface area contributed by atoms with Crippen molar-refractivity contribution in [3.8, 4) is 5.75 Å². The van der Waals surface area contributed by atoms with Crippen LogP contribution in [0.5, 0.6) is 5.75 Å². The number of fused-ring (bicyclic) bond motifs is 1. The lowest BCUT2D eigenvalue weighted by Gasteiger charge is -2.14. The Bertz CT molecular complexity index is 727. The second-order valence-electron chi connectivity index (χ2n) is 4.74. The summed E-state index contributed by atoms with van der Waals surface area (Å²) < 4.78 is 6.68. The van der Waals surface area contributed by atoms with Crippen molar-refractivity contribution in [1.82, 2.24) is 9.97 Å². The van der Waals surface area contributed by atoms with Crippen molar-refractivity contribution < 1.29 is 4.74 Å². The summed E-state index contributed by atoms with van der Waals surface area (Å²) in [6.07, 6.45) is 1.82. The van der Waals surface area contributed by atoms with Crippen molar-refractivity contribution >= 4 is 26.7 Å². The molecule has 0 N–H and O–H groups in total. The summed E-state index contributed by atoms with van der Waals surface area (Å²) >= 11 is 1.67. The molecule has 0 spiro atoms. The van der Waals surface area contributed by atoms with Crippen LogP contribution in [0.4, 0.5) is 5.13 Å². The molecule has 0 fully saturated rings. The summed E-state index contributed by atoms with van der Waals surface area (Å²) in [5, 5.41) is 0.990. The molecule has 108 valence electrons. The quantitative estimate of drug-likeness (QED) is 0.719. The maximum Gasteiger partial charge on any atom is 0.186 e. The number of thiazole rings is 1. The molecular weight excluding hydrogens is 282 g/mol. The Morgan fingerprint density at radius 1 is 1.24 bits per heavy atom. The van der Waals surface area contributed by atoms with Crippen LogP contribution in [0.1, 0.15) is 12.6 Å². The molecule has 0 aliphatic heterocycles. The number of pyridine rings is 1. The fraction of sp³-hybridized carbons (Fsp3) is 0.250. The van der Waals surface area contributed by atoms with Gasteiger partial charge in [0, 0.05) is 13.2 Å². The van der Waals surface area contributed by atoms with Crippen LogP contribution in [0.3, 0.4) is 0 Å². The SMILES string of the molecule is CCOc1ccc2nc(N(C)Cc3ccccn3)sc2c1. The molecule has 0 unspecified atom stereocenters. The molecule has 0 atom stereocenters. The van der Waals surface area contributed by atoms with Gasteiger partial charge < -0.3 is 9.64 Å². The predicted octanol–water partition coefficient (Wildman–Crippen LogP) is 3.73. The first-order valence-electron chi connectivity index (χ1n) is 6.90. The van der Waals surface area contributed by atoms with Crippen molar-refractivity contribution in [2.45, 2.75) is 13.5 Å². The van der Waals surface area contributed by atoms with Gasteiger partial charge in [-0.2, -0.15) is 0 Å². The molecule has 0 radical (unpaired) electrons. The van der Waals surface area contributed by atoms with Gasteiger partial charge in [0.1, 0.15) is 5.75 Å². The first-order valence-corrected chi connectivity index (χ1v) is 7.72. The minimum absolute atomic E-state index is 0.677. The zero-order valence-electron chi connectivity index (χ0n) is 12.1. The molecule has 0 bridgehead atoms. The minimum Gasteiger partial charge on any atom is -0.494 e. The van der Waals surface area contributed by atoms with Crippen LogP contribution in [0.15, 0.2) is 42.6 Å². The van der Waals surface area contributed by atoms with Crippen molar-refractivity contribution in [2.75, 3.05) is 18.6 Å². The number of aromatic nitrogens is 2. The zero-order valence-corrected chi connectivity index (χ0v) is 12.9. The molecule has 0 amide bonds. The van der Waals surface area contributed by atoms with Gasteiger partial charge in [-0.3, -0.25) is 4.98 Å². The lowest BCUT2D eigenvalue weighted by atomic mass is 10.3. The van der Waals surface area contributed by atoms with E-state index in [9.17, 15) is 0 Å². The van der Waals surface area contributed by atoms with E-state index in [4.69, 9.17) is 4.74 Å². The van der Waals surface area contributed by atoms with E-state index in [1.807, 2.05) is 50.5 Å². The number of ether oxygens (including phenoxy) is 1. The highest BCUT2D eigenvalue weighted by Crippen LogP contribution is 2.31. The Balaban J connectivity index is 1.83. The predicted molar refractivity (Wildman–Crippen MR) is 87.1 cm³/mol. The van der Waals surface area contributed by atoms with E-state index in [0.29, 0.717) is 6.61 Å². The number of hydrogen-bond acceptors (Lipinski definition) is 5. The summed E-state index contributed by atoms with van der Waals surface area (Å²) in [6, 6.07) is 12.0. The highest BCUT2D eigenvalue weighted by Gasteiger charge is 2.10. The van der Waals surface area contributed by atoms with Crippen molar-refractivity contribution in [3.63, 3.8) is 0 Å². The van der Waals surface area contributed by atoms with Crippen LogP contribution in [-0.4, -0.2) is 23.6 Å². The molecule has 1 aromatic carbocycles. The van der Waals surface area contributed by atoms with E-state index in [1.165, 1.54) is 0 Å². The van der Waals surface area contributed by atoms with E-state index in [1.54, 1.807) is 11.3 Å². The van der Waals surface area contributed by atoms with E-state index >= 15 is 0 Å². The van der Waals surface area contributed by atoms with Crippen molar-refractivity contribution in [2.24, 2.45) is 0 Å². The summed E-state index contributed by atoms with van der Waals surface area (Å²) in [7, 11) is 2.04. The Morgan fingerprint density at radius 2 is 2.14 bits per heavy atom. The van der Waals surface area contributed by atoms with Gasteiger partial charge in [-0.25, -0.2) is 4.98 Å². The van der Waals surface area contributed by atoms with Gasteiger partial charge in [0.05, 0.1) is 29.1 Å². The van der Waals surface area contributed by atoms with E-state index in [-0.39, 0.29) is 0 Å². The maximum atomic E-state index is 5.53. The van der Waals surface area contributed by atoms with Crippen LogP contribution in [-0.2, 0) is 6.54 Å². The first kappa shape index (κ1) is 13.8. The minimum atomic E-state index is 0.677. The third-order valence-corrected chi connectivity index (χ3v) is 4.24. The number of anilines is 1. The molecular formula is C16H17N3OS. The molecule has 4 nitrogen and oxygen atoms in total. The Labute approximate surface area is 128 Å². The fourth-order valence-corrected chi connectivity index (χ4v) is 3.07. The van der Waals surface area contributed by atoms with Crippen LogP contribution >= 0.6 is 11.3 Å². The number of hydrogen-bond donors (Lipinski definition) is 0. The smallest absolute Gasteiger partial charge is 0.186 e. The standard InChI is InChI=1S/C16H17N3OS/c1-3-20-13-7-8-14-15(10-13)21-16(18-14)19(2)11-12-6-4-5-9-17-12/h4-10H,3,11H2,1-2H3. The van der Waals surface area contributed by atoms with E-state index in [0.717, 1.165) is 33.3 Å². The van der Waals surface area contributed by atoms with Crippen LogP contribution in [0, 0.1) is 0 Å². The van der Waals surface area contributed by atoms with E-state index < -0.39 is 0 Å². The average molecular weight is 299 g/mol. The number of rotatable bonds is 5.